The van der Waals surface area contributed by atoms with Crippen LogP contribution in [0.3, 0.4) is 0 Å². The number of piperidine rings is 1. The van der Waals surface area contributed by atoms with Crippen molar-refractivity contribution in [3.8, 4) is 0 Å². The van der Waals surface area contributed by atoms with Crippen LogP contribution in [0.1, 0.15) is 18.5 Å². The van der Waals surface area contributed by atoms with E-state index in [1.54, 1.807) is 0 Å². The Bertz CT molecular complexity index is 316. The first-order valence-electron chi connectivity index (χ1n) is 5.51. The Kier molecular flexibility index (Phi) is 2.68. The molecule has 1 aromatic heterocycles. The molecule has 4 nitrogen and oxygen atoms in total. The summed E-state index contributed by atoms with van der Waals surface area (Å²) in [7, 11) is 0. The lowest BCUT2D eigenvalue weighted by Gasteiger charge is -2.35. The van der Waals surface area contributed by atoms with Gasteiger partial charge in [0.15, 0.2) is 0 Å². The van der Waals surface area contributed by atoms with Gasteiger partial charge in [-0.2, -0.15) is 0 Å². The molecule has 0 aliphatic carbocycles. The SMILES string of the molecule is c1snnc1CN1CCC[C@@H]2COC[C@@H]21. The lowest BCUT2D eigenvalue weighted by Crippen LogP contribution is -2.44. The molecular weight excluding hydrogens is 210 g/mol. The maximum atomic E-state index is 5.57. The highest BCUT2D eigenvalue weighted by Crippen LogP contribution is 2.29. The van der Waals surface area contributed by atoms with Crippen molar-refractivity contribution in [3.05, 3.63) is 11.1 Å². The molecule has 2 aliphatic rings. The van der Waals surface area contributed by atoms with Crippen molar-refractivity contribution in [2.45, 2.75) is 25.4 Å². The van der Waals surface area contributed by atoms with E-state index in [4.69, 9.17) is 4.74 Å². The molecule has 1 aromatic rings. The average molecular weight is 225 g/mol. The van der Waals surface area contributed by atoms with Crippen LogP contribution in [-0.2, 0) is 11.3 Å². The summed E-state index contributed by atoms with van der Waals surface area (Å²) in [6.07, 6.45) is 2.62. The first kappa shape index (κ1) is 9.69. The largest absolute Gasteiger partial charge is 0.379 e. The molecular formula is C10H15N3OS. The van der Waals surface area contributed by atoms with Gasteiger partial charge in [0.2, 0.25) is 0 Å². The zero-order chi connectivity index (χ0) is 10.1. The number of hydrogen-bond acceptors (Lipinski definition) is 5. The number of hydrogen-bond donors (Lipinski definition) is 0. The fraction of sp³-hybridized carbons (Fsp3) is 0.800. The van der Waals surface area contributed by atoms with Gasteiger partial charge in [-0.05, 0) is 30.9 Å². The molecule has 2 fully saturated rings. The zero-order valence-corrected chi connectivity index (χ0v) is 9.45. The molecule has 0 amide bonds. The van der Waals surface area contributed by atoms with Gasteiger partial charge in [0, 0.05) is 23.9 Å². The lowest BCUT2D eigenvalue weighted by molar-refractivity contribution is 0.108. The molecule has 0 bridgehead atoms. The van der Waals surface area contributed by atoms with Gasteiger partial charge >= 0.3 is 0 Å². The number of rotatable bonds is 2. The molecule has 0 radical (unpaired) electrons. The van der Waals surface area contributed by atoms with Crippen molar-refractivity contribution in [2.75, 3.05) is 19.8 Å². The van der Waals surface area contributed by atoms with Crippen molar-refractivity contribution in [3.63, 3.8) is 0 Å². The maximum absolute atomic E-state index is 5.57. The summed E-state index contributed by atoms with van der Waals surface area (Å²) in [5.41, 5.74) is 1.10. The van der Waals surface area contributed by atoms with Gasteiger partial charge in [-0.1, -0.05) is 4.49 Å². The second kappa shape index (κ2) is 4.15. The van der Waals surface area contributed by atoms with Crippen molar-refractivity contribution in [2.24, 2.45) is 5.92 Å². The molecule has 0 spiro atoms. The minimum atomic E-state index is 0.625. The van der Waals surface area contributed by atoms with E-state index in [0.717, 1.165) is 31.4 Å². The van der Waals surface area contributed by atoms with Gasteiger partial charge in [0.1, 0.15) is 0 Å². The Labute approximate surface area is 93.4 Å². The zero-order valence-electron chi connectivity index (χ0n) is 8.63. The second-order valence-corrected chi connectivity index (χ2v) is 4.98. The van der Waals surface area contributed by atoms with E-state index in [-0.39, 0.29) is 0 Å². The number of likely N-dealkylation sites (tertiary alicyclic amines) is 1. The maximum Gasteiger partial charge on any atom is 0.0895 e. The fourth-order valence-corrected chi connectivity index (χ4v) is 3.09. The Morgan fingerprint density at radius 3 is 3.40 bits per heavy atom. The van der Waals surface area contributed by atoms with E-state index >= 15 is 0 Å². The number of aromatic nitrogens is 2. The van der Waals surface area contributed by atoms with Crippen LogP contribution in [0.25, 0.3) is 0 Å². The number of nitrogens with zero attached hydrogens (tertiary/aromatic N) is 3. The minimum absolute atomic E-state index is 0.625. The van der Waals surface area contributed by atoms with Crippen LogP contribution in [0.2, 0.25) is 0 Å². The third kappa shape index (κ3) is 1.91. The van der Waals surface area contributed by atoms with E-state index in [2.05, 4.69) is 14.5 Å². The Morgan fingerprint density at radius 1 is 1.53 bits per heavy atom. The normalized spacial score (nSPS) is 31.7. The minimum Gasteiger partial charge on any atom is -0.379 e. The summed E-state index contributed by atoms with van der Waals surface area (Å²) in [5.74, 6) is 0.755. The first-order valence-corrected chi connectivity index (χ1v) is 6.35. The third-order valence-electron chi connectivity index (χ3n) is 3.42. The van der Waals surface area contributed by atoms with Gasteiger partial charge < -0.3 is 4.74 Å². The number of ether oxygens (including phenoxy) is 1. The van der Waals surface area contributed by atoms with E-state index < -0.39 is 0 Å². The predicted molar refractivity (Wildman–Crippen MR) is 57.7 cm³/mol. The molecule has 2 aliphatic heterocycles. The molecule has 82 valence electrons. The molecule has 0 saturated carbocycles. The molecule has 2 atom stereocenters. The van der Waals surface area contributed by atoms with Gasteiger partial charge in [0.25, 0.3) is 0 Å². The van der Waals surface area contributed by atoms with Crippen molar-refractivity contribution < 1.29 is 4.74 Å². The number of fused-ring (bicyclic) bond motifs is 1. The standard InChI is InChI=1S/C10H15N3OS/c1-2-8-5-14-6-10(8)13(3-1)4-9-7-15-12-11-9/h7-8,10H,1-6H2/t8-,10+/m1/s1. The molecule has 5 heteroatoms. The summed E-state index contributed by atoms with van der Waals surface area (Å²) in [4.78, 5) is 2.51. The van der Waals surface area contributed by atoms with Gasteiger partial charge in [0.05, 0.1) is 18.9 Å². The summed E-state index contributed by atoms with van der Waals surface area (Å²) < 4.78 is 9.47. The van der Waals surface area contributed by atoms with Crippen LogP contribution >= 0.6 is 11.5 Å². The molecule has 0 N–H and O–H groups in total. The monoisotopic (exact) mass is 225 g/mol. The van der Waals surface area contributed by atoms with Crippen LogP contribution in [0.5, 0.6) is 0 Å². The van der Waals surface area contributed by atoms with Crippen molar-refractivity contribution in [1.82, 2.24) is 14.5 Å². The van der Waals surface area contributed by atoms with Gasteiger partial charge in [-0.25, -0.2) is 0 Å². The van der Waals surface area contributed by atoms with Crippen LogP contribution in [-0.4, -0.2) is 40.3 Å². The Hall–Kier alpha value is -0.520. The smallest absolute Gasteiger partial charge is 0.0895 e. The summed E-state index contributed by atoms with van der Waals surface area (Å²) in [5, 5.41) is 6.15. The summed E-state index contributed by atoms with van der Waals surface area (Å²) >= 11 is 1.43. The quantitative estimate of drug-likeness (QED) is 0.757. The highest BCUT2D eigenvalue weighted by Gasteiger charge is 2.35. The van der Waals surface area contributed by atoms with Crippen LogP contribution in [0.15, 0.2) is 5.38 Å². The summed E-state index contributed by atoms with van der Waals surface area (Å²) in [6, 6.07) is 0.625. The van der Waals surface area contributed by atoms with Crippen molar-refractivity contribution >= 4 is 11.5 Å². The Balaban J connectivity index is 1.69. The predicted octanol–water partition coefficient (Wildman–Crippen LogP) is 1.15. The van der Waals surface area contributed by atoms with Crippen LogP contribution in [0, 0.1) is 5.92 Å². The third-order valence-corrected chi connectivity index (χ3v) is 3.98. The van der Waals surface area contributed by atoms with Crippen molar-refractivity contribution in [1.29, 1.82) is 0 Å². The molecule has 3 rings (SSSR count). The molecule has 3 heterocycles. The second-order valence-electron chi connectivity index (χ2n) is 4.37. The first-order chi connectivity index (χ1) is 7.43. The van der Waals surface area contributed by atoms with E-state index in [1.807, 2.05) is 5.38 Å². The average Bonchev–Trinajstić information content (AvgIpc) is 2.87. The molecule has 0 unspecified atom stereocenters. The Morgan fingerprint density at radius 2 is 2.53 bits per heavy atom. The summed E-state index contributed by atoms with van der Waals surface area (Å²) in [6.45, 7) is 3.99. The molecule has 0 aromatic carbocycles. The molecule has 15 heavy (non-hydrogen) atoms. The molecule has 2 saturated heterocycles. The highest BCUT2D eigenvalue weighted by atomic mass is 32.1. The van der Waals surface area contributed by atoms with E-state index in [0.29, 0.717) is 6.04 Å². The van der Waals surface area contributed by atoms with E-state index in [1.165, 1.54) is 30.9 Å². The topological polar surface area (TPSA) is 38.2 Å². The fourth-order valence-electron chi connectivity index (χ4n) is 2.65. The lowest BCUT2D eigenvalue weighted by atomic mass is 9.92. The highest BCUT2D eigenvalue weighted by molar-refractivity contribution is 7.03. The van der Waals surface area contributed by atoms with Crippen LogP contribution in [0.4, 0.5) is 0 Å². The van der Waals surface area contributed by atoms with Gasteiger partial charge in [-0.15, -0.1) is 5.10 Å². The van der Waals surface area contributed by atoms with E-state index in [9.17, 15) is 0 Å². The van der Waals surface area contributed by atoms with Gasteiger partial charge in [-0.3, -0.25) is 4.90 Å². The van der Waals surface area contributed by atoms with Crippen LogP contribution < -0.4 is 0 Å².